The average molecular weight is 314 g/mol. The summed E-state index contributed by atoms with van der Waals surface area (Å²) in [5.41, 5.74) is 6.76. The molecule has 3 rings (SSSR count). The fourth-order valence-corrected chi connectivity index (χ4v) is 2.77. The van der Waals surface area contributed by atoms with Gasteiger partial charge in [0.25, 0.3) is 0 Å². The molecule has 0 unspecified atom stereocenters. The Morgan fingerprint density at radius 2 is 1.91 bits per heavy atom. The molecule has 1 fully saturated rings. The zero-order chi connectivity index (χ0) is 16.2. The van der Waals surface area contributed by atoms with Crippen molar-refractivity contribution >= 4 is 11.8 Å². The topological polar surface area (TPSA) is 93.3 Å². The lowest BCUT2D eigenvalue weighted by molar-refractivity contribution is 0.126. The molecule has 1 heterocycles. The van der Waals surface area contributed by atoms with Crippen LogP contribution < -0.4 is 15.8 Å². The molecule has 0 spiro atoms. The number of nitrogens with two attached hydrogens (primary N) is 1. The number of aliphatic hydroxyl groups is 1. The Morgan fingerprint density at radius 3 is 2.65 bits per heavy atom. The Hall–Kier alpha value is -2.34. The highest BCUT2D eigenvalue weighted by Gasteiger charge is 2.21. The van der Waals surface area contributed by atoms with Crippen LogP contribution in [0.25, 0.3) is 0 Å². The van der Waals surface area contributed by atoms with Crippen molar-refractivity contribution in [3.63, 3.8) is 0 Å². The van der Waals surface area contributed by atoms with Crippen LogP contribution in [0.2, 0.25) is 0 Å². The normalized spacial score (nSPS) is 21.0. The smallest absolute Gasteiger partial charge is 0.222 e. The minimum atomic E-state index is -0.189. The number of nitrogens with one attached hydrogen (secondary N) is 1. The Balaban J connectivity index is 1.79. The molecule has 4 N–H and O–H groups in total. The van der Waals surface area contributed by atoms with Gasteiger partial charge in [0.05, 0.1) is 12.3 Å². The number of nitrogens with zero attached hydrogens (tertiary/aromatic N) is 2. The van der Waals surface area contributed by atoms with Gasteiger partial charge in [0.15, 0.2) is 11.6 Å². The number of hydrogen-bond acceptors (Lipinski definition) is 6. The second-order valence-electron chi connectivity index (χ2n) is 5.96. The fraction of sp³-hybridized carbons (Fsp3) is 0.412. The first-order valence-corrected chi connectivity index (χ1v) is 7.92. The lowest BCUT2D eigenvalue weighted by atomic mass is 9.93. The monoisotopic (exact) mass is 314 g/mol. The van der Waals surface area contributed by atoms with Gasteiger partial charge in [0, 0.05) is 6.04 Å². The van der Waals surface area contributed by atoms with Crippen LogP contribution in [0.5, 0.6) is 11.5 Å². The Morgan fingerprint density at radius 1 is 1.17 bits per heavy atom. The third-order valence-electron chi connectivity index (χ3n) is 4.12. The molecule has 0 amide bonds. The molecule has 1 aliphatic rings. The molecule has 0 atom stereocenters. The molecule has 0 bridgehead atoms. The third-order valence-corrected chi connectivity index (χ3v) is 4.12. The molecule has 1 saturated carbocycles. The predicted molar refractivity (Wildman–Crippen MR) is 89.6 cm³/mol. The number of hydrogen-bond donors (Lipinski definition) is 3. The zero-order valence-electron chi connectivity index (χ0n) is 13.2. The van der Waals surface area contributed by atoms with Gasteiger partial charge in [-0.2, -0.15) is 4.98 Å². The van der Waals surface area contributed by atoms with Gasteiger partial charge in [-0.3, -0.25) is 0 Å². The molecule has 2 aromatic rings. The molecule has 6 heteroatoms. The van der Waals surface area contributed by atoms with Crippen LogP contribution >= 0.6 is 0 Å². The number of benzene rings is 1. The summed E-state index contributed by atoms with van der Waals surface area (Å²) in [6, 6.07) is 8.05. The molecule has 0 saturated heterocycles. The number of para-hydroxylation sites is 1. The van der Waals surface area contributed by atoms with E-state index in [0.717, 1.165) is 37.0 Å². The molecule has 0 radical (unpaired) electrons. The van der Waals surface area contributed by atoms with Crippen molar-refractivity contribution in [3.8, 4) is 11.5 Å². The van der Waals surface area contributed by atoms with E-state index in [1.807, 2.05) is 31.2 Å². The minimum absolute atomic E-state index is 0.189. The summed E-state index contributed by atoms with van der Waals surface area (Å²) in [6.07, 6.45) is 4.79. The van der Waals surface area contributed by atoms with Gasteiger partial charge in [-0.15, -0.1) is 0 Å². The van der Waals surface area contributed by atoms with Crippen LogP contribution in [0, 0.1) is 6.92 Å². The minimum Gasteiger partial charge on any atom is -0.452 e. The van der Waals surface area contributed by atoms with Gasteiger partial charge in [0.2, 0.25) is 5.95 Å². The molecule has 1 aromatic carbocycles. The summed E-state index contributed by atoms with van der Waals surface area (Å²) in [4.78, 5) is 8.31. The summed E-state index contributed by atoms with van der Waals surface area (Å²) >= 11 is 0. The van der Waals surface area contributed by atoms with Crippen molar-refractivity contribution in [2.45, 2.75) is 44.8 Å². The van der Waals surface area contributed by atoms with Gasteiger partial charge in [0.1, 0.15) is 5.75 Å². The molecular formula is C17H22N4O2. The molecule has 0 aliphatic heterocycles. The number of aromatic nitrogens is 2. The maximum absolute atomic E-state index is 9.62. The maximum Gasteiger partial charge on any atom is 0.222 e. The molecular weight excluding hydrogens is 292 g/mol. The molecule has 6 nitrogen and oxygen atoms in total. The highest BCUT2D eigenvalue weighted by Crippen LogP contribution is 2.31. The lowest BCUT2D eigenvalue weighted by Crippen LogP contribution is -2.28. The Bertz CT molecular complexity index is 669. The van der Waals surface area contributed by atoms with Crippen LogP contribution in [0.3, 0.4) is 0 Å². The summed E-state index contributed by atoms with van der Waals surface area (Å²) in [6.45, 7) is 1.99. The highest BCUT2D eigenvalue weighted by molar-refractivity contribution is 5.54. The van der Waals surface area contributed by atoms with Crippen LogP contribution in [-0.2, 0) is 0 Å². The zero-order valence-corrected chi connectivity index (χ0v) is 13.2. The first-order chi connectivity index (χ1) is 11.1. The molecule has 1 aliphatic carbocycles. The van der Waals surface area contributed by atoms with E-state index in [9.17, 15) is 5.11 Å². The SMILES string of the molecule is Cc1ccccc1Oc1cnc(N)nc1NC1CCC(O)CC1. The van der Waals surface area contributed by atoms with E-state index in [2.05, 4.69) is 15.3 Å². The summed E-state index contributed by atoms with van der Waals surface area (Å²) in [5, 5.41) is 13.0. The van der Waals surface area contributed by atoms with Gasteiger partial charge in [-0.05, 0) is 44.2 Å². The quantitative estimate of drug-likeness (QED) is 0.803. The summed E-state index contributed by atoms with van der Waals surface area (Å²) < 4.78 is 5.97. The first-order valence-electron chi connectivity index (χ1n) is 7.92. The van der Waals surface area contributed by atoms with Gasteiger partial charge in [-0.25, -0.2) is 4.98 Å². The van der Waals surface area contributed by atoms with Gasteiger partial charge < -0.3 is 20.9 Å². The second kappa shape index (κ2) is 6.83. The van der Waals surface area contributed by atoms with Crippen molar-refractivity contribution in [2.75, 3.05) is 11.1 Å². The van der Waals surface area contributed by atoms with E-state index < -0.39 is 0 Å². The summed E-state index contributed by atoms with van der Waals surface area (Å²) in [5.74, 6) is 2.13. The molecule has 23 heavy (non-hydrogen) atoms. The van der Waals surface area contributed by atoms with Crippen molar-refractivity contribution in [1.82, 2.24) is 9.97 Å². The first kappa shape index (κ1) is 15.6. The Labute approximate surface area is 135 Å². The fourth-order valence-electron chi connectivity index (χ4n) is 2.77. The van der Waals surface area contributed by atoms with Crippen molar-refractivity contribution in [2.24, 2.45) is 0 Å². The lowest BCUT2D eigenvalue weighted by Gasteiger charge is -2.27. The van der Waals surface area contributed by atoms with E-state index in [-0.39, 0.29) is 18.1 Å². The number of aliphatic hydroxyl groups excluding tert-OH is 1. The molecule has 122 valence electrons. The van der Waals surface area contributed by atoms with Crippen molar-refractivity contribution < 1.29 is 9.84 Å². The Kier molecular flexibility index (Phi) is 4.62. The third kappa shape index (κ3) is 3.90. The van der Waals surface area contributed by atoms with E-state index in [0.29, 0.717) is 11.6 Å². The van der Waals surface area contributed by atoms with Crippen LogP contribution in [-0.4, -0.2) is 27.2 Å². The van der Waals surface area contributed by atoms with E-state index in [1.54, 1.807) is 6.20 Å². The number of aryl methyl sites for hydroxylation is 1. The number of anilines is 2. The second-order valence-corrected chi connectivity index (χ2v) is 5.96. The van der Waals surface area contributed by atoms with E-state index in [4.69, 9.17) is 10.5 Å². The number of rotatable bonds is 4. The van der Waals surface area contributed by atoms with Gasteiger partial charge in [-0.1, -0.05) is 18.2 Å². The predicted octanol–water partition coefficient (Wildman–Crippen LogP) is 2.87. The average Bonchev–Trinajstić information content (AvgIpc) is 2.54. The number of nitrogen functional groups attached to an aromatic ring is 1. The van der Waals surface area contributed by atoms with Crippen LogP contribution in [0.15, 0.2) is 30.5 Å². The van der Waals surface area contributed by atoms with E-state index in [1.165, 1.54) is 0 Å². The van der Waals surface area contributed by atoms with Crippen molar-refractivity contribution in [1.29, 1.82) is 0 Å². The van der Waals surface area contributed by atoms with Crippen LogP contribution in [0.4, 0.5) is 11.8 Å². The van der Waals surface area contributed by atoms with Crippen molar-refractivity contribution in [3.05, 3.63) is 36.0 Å². The standard InChI is InChI=1S/C17H22N4O2/c1-11-4-2-3-5-14(11)23-15-10-19-17(18)21-16(15)20-12-6-8-13(22)9-7-12/h2-5,10,12-13,22H,6-9H2,1H3,(H3,18,19,20,21). The van der Waals surface area contributed by atoms with Gasteiger partial charge >= 0.3 is 0 Å². The van der Waals surface area contributed by atoms with E-state index >= 15 is 0 Å². The maximum atomic E-state index is 9.62. The largest absolute Gasteiger partial charge is 0.452 e. The van der Waals surface area contributed by atoms with Crippen LogP contribution in [0.1, 0.15) is 31.2 Å². The summed E-state index contributed by atoms with van der Waals surface area (Å²) in [7, 11) is 0. The molecule has 1 aromatic heterocycles. The number of ether oxygens (including phenoxy) is 1. The highest BCUT2D eigenvalue weighted by atomic mass is 16.5.